The van der Waals surface area contributed by atoms with E-state index in [2.05, 4.69) is 45.7 Å². The minimum Gasteiger partial charge on any atom is -0.346 e. The van der Waals surface area contributed by atoms with Crippen molar-refractivity contribution < 1.29 is 4.79 Å². The Hall–Kier alpha value is -2.66. The maximum Gasteiger partial charge on any atom is 0.227 e. The van der Waals surface area contributed by atoms with Crippen molar-refractivity contribution in [3.05, 3.63) is 59.9 Å². The molecular weight excluding hydrogens is 312 g/mol. The number of aromatic amines is 1. The van der Waals surface area contributed by atoms with Crippen molar-refractivity contribution >= 4 is 22.6 Å². The van der Waals surface area contributed by atoms with E-state index in [0.717, 1.165) is 36.1 Å². The first-order valence-corrected chi connectivity index (χ1v) is 8.76. The molecule has 2 aromatic heterocycles. The third-order valence-corrected chi connectivity index (χ3v) is 4.78. The van der Waals surface area contributed by atoms with Gasteiger partial charge in [-0.1, -0.05) is 12.1 Å². The van der Waals surface area contributed by atoms with Crippen LogP contribution in [0.4, 0.5) is 5.69 Å². The number of benzene rings is 1. The molecule has 1 atom stereocenters. The molecule has 1 saturated carbocycles. The predicted molar refractivity (Wildman–Crippen MR) is 99.1 cm³/mol. The van der Waals surface area contributed by atoms with Crippen molar-refractivity contribution in [1.82, 2.24) is 15.3 Å². The highest BCUT2D eigenvalue weighted by Gasteiger charge is 2.29. The van der Waals surface area contributed by atoms with Crippen LogP contribution in [0.25, 0.3) is 11.0 Å². The Bertz CT molecular complexity index is 880. The smallest absolute Gasteiger partial charge is 0.227 e. The van der Waals surface area contributed by atoms with Crippen LogP contribution >= 0.6 is 0 Å². The second-order valence-corrected chi connectivity index (χ2v) is 6.70. The Morgan fingerprint density at radius 2 is 2.04 bits per heavy atom. The molecule has 1 amide bonds. The van der Waals surface area contributed by atoms with Crippen LogP contribution in [0.15, 0.2) is 48.8 Å². The molecule has 5 heteroatoms. The summed E-state index contributed by atoms with van der Waals surface area (Å²) in [4.78, 5) is 19.3. The number of hydrogen-bond donors (Lipinski definition) is 3. The van der Waals surface area contributed by atoms with E-state index in [-0.39, 0.29) is 17.9 Å². The van der Waals surface area contributed by atoms with Crippen LogP contribution in [-0.2, 0) is 11.3 Å². The fraction of sp³-hybridized carbons (Fsp3) is 0.300. The molecule has 3 aromatic rings. The SMILES string of the molecule is C[C@@H](NCc1ccnc2[nH]ccc12)c1ccc(NC(=O)C2CC2)cc1. The van der Waals surface area contributed by atoms with Gasteiger partial charge in [0.2, 0.25) is 5.91 Å². The molecular formula is C20H22N4O. The number of fused-ring (bicyclic) bond motifs is 1. The molecule has 0 aliphatic heterocycles. The lowest BCUT2D eigenvalue weighted by atomic mass is 10.1. The topological polar surface area (TPSA) is 69.8 Å². The van der Waals surface area contributed by atoms with Crippen LogP contribution < -0.4 is 10.6 Å². The maximum absolute atomic E-state index is 11.8. The Morgan fingerprint density at radius 1 is 1.24 bits per heavy atom. The highest BCUT2D eigenvalue weighted by Crippen LogP contribution is 2.30. The summed E-state index contributed by atoms with van der Waals surface area (Å²) in [5.74, 6) is 0.373. The standard InChI is InChI=1S/C20H22N4O/c1-13(23-12-16-8-10-21-19-18(16)9-11-22-19)14-4-6-17(7-5-14)24-20(25)15-2-3-15/h4-11,13,15,23H,2-3,12H2,1H3,(H,21,22)(H,24,25)/t13-/m1/s1. The van der Waals surface area contributed by atoms with Crippen molar-refractivity contribution in [3.8, 4) is 0 Å². The summed E-state index contributed by atoms with van der Waals surface area (Å²) in [6.45, 7) is 2.92. The number of nitrogens with one attached hydrogen (secondary N) is 3. The van der Waals surface area contributed by atoms with Crippen molar-refractivity contribution in [2.45, 2.75) is 32.4 Å². The van der Waals surface area contributed by atoms with Crippen molar-refractivity contribution in [2.24, 2.45) is 5.92 Å². The molecule has 2 heterocycles. The number of H-pyrrole nitrogens is 1. The van der Waals surface area contributed by atoms with E-state index < -0.39 is 0 Å². The molecule has 1 aliphatic rings. The normalized spacial score (nSPS) is 15.2. The molecule has 0 radical (unpaired) electrons. The van der Waals surface area contributed by atoms with E-state index in [9.17, 15) is 4.79 Å². The van der Waals surface area contributed by atoms with E-state index >= 15 is 0 Å². The van der Waals surface area contributed by atoms with Gasteiger partial charge in [0.05, 0.1) is 0 Å². The minimum atomic E-state index is 0.145. The Balaban J connectivity index is 1.38. The molecule has 1 aromatic carbocycles. The number of nitrogens with zero attached hydrogens (tertiary/aromatic N) is 1. The molecule has 0 unspecified atom stereocenters. The second-order valence-electron chi connectivity index (χ2n) is 6.70. The third kappa shape index (κ3) is 3.56. The van der Waals surface area contributed by atoms with Gasteiger partial charge in [0.1, 0.15) is 5.65 Å². The van der Waals surface area contributed by atoms with Gasteiger partial charge in [-0.25, -0.2) is 4.98 Å². The summed E-state index contributed by atoms with van der Waals surface area (Å²) in [6.07, 6.45) is 5.79. The highest BCUT2D eigenvalue weighted by molar-refractivity contribution is 5.94. The van der Waals surface area contributed by atoms with Gasteiger partial charge >= 0.3 is 0 Å². The summed E-state index contributed by atoms with van der Waals surface area (Å²) < 4.78 is 0. The van der Waals surface area contributed by atoms with Gasteiger partial charge in [0.15, 0.2) is 0 Å². The molecule has 5 nitrogen and oxygen atoms in total. The Kier molecular flexibility index (Phi) is 4.24. The highest BCUT2D eigenvalue weighted by atomic mass is 16.2. The lowest BCUT2D eigenvalue weighted by Crippen LogP contribution is -2.18. The van der Waals surface area contributed by atoms with Gasteiger partial charge in [0.25, 0.3) is 0 Å². The Morgan fingerprint density at radius 3 is 2.80 bits per heavy atom. The van der Waals surface area contributed by atoms with E-state index in [0.29, 0.717) is 0 Å². The summed E-state index contributed by atoms with van der Waals surface area (Å²) in [7, 11) is 0. The zero-order valence-electron chi connectivity index (χ0n) is 14.3. The predicted octanol–water partition coefficient (Wildman–Crippen LogP) is 3.76. The first-order chi connectivity index (χ1) is 12.2. The number of rotatable bonds is 6. The number of amides is 1. The third-order valence-electron chi connectivity index (χ3n) is 4.78. The molecule has 0 bridgehead atoms. The lowest BCUT2D eigenvalue weighted by Gasteiger charge is -2.15. The molecule has 128 valence electrons. The number of hydrogen-bond acceptors (Lipinski definition) is 3. The first kappa shape index (κ1) is 15.8. The number of anilines is 1. The fourth-order valence-corrected chi connectivity index (χ4v) is 3.00. The molecule has 3 N–H and O–H groups in total. The average molecular weight is 334 g/mol. The first-order valence-electron chi connectivity index (χ1n) is 8.76. The van der Waals surface area contributed by atoms with Gasteiger partial charge in [-0.15, -0.1) is 0 Å². The Labute approximate surface area is 146 Å². The van der Waals surface area contributed by atoms with E-state index in [1.165, 1.54) is 11.1 Å². The van der Waals surface area contributed by atoms with Crippen LogP contribution in [0.5, 0.6) is 0 Å². The number of pyridine rings is 1. The largest absolute Gasteiger partial charge is 0.346 e. The average Bonchev–Trinajstić information content (AvgIpc) is 3.37. The molecule has 0 saturated heterocycles. The van der Waals surface area contributed by atoms with Gasteiger partial charge in [-0.3, -0.25) is 4.79 Å². The zero-order chi connectivity index (χ0) is 17.2. The maximum atomic E-state index is 11.8. The van der Waals surface area contributed by atoms with Crippen molar-refractivity contribution in [2.75, 3.05) is 5.32 Å². The van der Waals surface area contributed by atoms with Gasteiger partial charge in [-0.05, 0) is 55.2 Å². The number of carbonyl (C=O) groups is 1. The molecule has 0 spiro atoms. The lowest BCUT2D eigenvalue weighted by molar-refractivity contribution is -0.117. The summed E-state index contributed by atoms with van der Waals surface area (Å²) in [5.41, 5.74) is 4.22. The zero-order valence-corrected chi connectivity index (χ0v) is 14.3. The molecule has 1 fully saturated rings. The van der Waals surface area contributed by atoms with E-state index in [1.807, 2.05) is 30.6 Å². The second kappa shape index (κ2) is 6.69. The van der Waals surface area contributed by atoms with Crippen LogP contribution in [0.2, 0.25) is 0 Å². The minimum absolute atomic E-state index is 0.145. The molecule has 4 rings (SSSR count). The van der Waals surface area contributed by atoms with E-state index in [4.69, 9.17) is 0 Å². The van der Waals surface area contributed by atoms with Crippen LogP contribution in [0.1, 0.15) is 36.9 Å². The van der Waals surface area contributed by atoms with Gasteiger partial charge < -0.3 is 15.6 Å². The summed E-state index contributed by atoms with van der Waals surface area (Å²) >= 11 is 0. The number of aromatic nitrogens is 2. The summed E-state index contributed by atoms with van der Waals surface area (Å²) in [6, 6.07) is 12.4. The van der Waals surface area contributed by atoms with Crippen molar-refractivity contribution in [1.29, 1.82) is 0 Å². The summed E-state index contributed by atoms with van der Waals surface area (Å²) in [5, 5.41) is 7.68. The monoisotopic (exact) mass is 334 g/mol. The van der Waals surface area contributed by atoms with Crippen LogP contribution in [0.3, 0.4) is 0 Å². The number of carbonyl (C=O) groups excluding carboxylic acids is 1. The van der Waals surface area contributed by atoms with Gasteiger partial charge in [-0.2, -0.15) is 0 Å². The quantitative estimate of drug-likeness (QED) is 0.643. The molecule has 25 heavy (non-hydrogen) atoms. The van der Waals surface area contributed by atoms with Gasteiger partial charge in [0, 0.05) is 42.0 Å². The van der Waals surface area contributed by atoms with E-state index in [1.54, 1.807) is 0 Å². The van der Waals surface area contributed by atoms with Crippen molar-refractivity contribution in [3.63, 3.8) is 0 Å². The van der Waals surface area contributed by atoms with Crippen LogP contribution in [-0.4, -0.2) is 15.9 Å². The fourth-order valence-electron chi connectivity index (χ4n) is 3.00. The molecule has 1 aliphatic carbocycles. The van der Waals surface area contributed by atoms with Crippen LogP contribution in [0, 0.1) is 5.92 Å².